The third kappa shape index (κ3) is 5.80. The summed E-state index contributed by atoms with van der Waals surface area (Å²) in [5, 5.41) is 20.6. The molecular weight excluding hydrogens is 325 g/mol. The second kappa shape index (κ2) is 7.42. The molecule has 0 aliphatic carbocycles. The van der Waals surface area contributed by atoms with Crippen LogP contribution in [0.5, 0.6) is 0 Å². The first-order valence-corrected chi connectivity index (χ1v) is 6.09. The first-order chi connectivity index (χ1) is 10.6. The van der Waals surface area contributed by atoms with E-state index >= 15 is 0 Å². The molecule has 1 atom stereocenters. The molecular formula is C12H11F3N2O6. The summed E-state index contributed by atoms with van der Waals surface area (Å²) in [6.07, 6.45) is -7.01. The number of carbonyl (C=O) groups excluding carboxylic acids is 1. The Kier molecular flexibility index (Phi) is 5.87. The molecule has 0 aliphatic rings. The van der Waals surface area contributed by atoms with Crippen molar-refractivity contribution in [2.75, 3.05) is 6.61 Å². The fourth-order valence-corrected chi connectivity index (χ4v) is 1.65. The number of nitrogens with zero attached hydrogens (tertiary/aromatic N) is 1. The van der Waals surface area contributed by atoms with Crippen LogP contribution in [0.25, 0.3) is 0 Å². The normalized spacial score (nSPS) is 12.3. The van der Waals surface area contributed by atoms with Gasteiger partial charge in [0.1, 0.15) is 0 Å². The first-order valence-electron chi connectivity index (χ1n) is 6.09. The van der Waals surface area contributed by atoms with Crippen LogP contribution in [0.4, 0.5) is 23.7 Å². The first kappa shape index (κ1) is 18.2. The lowest BCUT2D eigenvalue weighted by molar-refractivity contribution is -0.384. The van der Waals surface area contributed by atoms with Crippen molar-refractivity contribution in [1.29, 1.82) is 0 Å². The van der Waals surface area contributed by atoms with Crippen LogP contribution in [-0.4, -0.2) is 34.9 Å². The van der Waals surface area contributed by atoms with Gasteiger partial charge in [-0.3, -0.25) is 14.9 Å². The van der Waals surface area contributed by atoms with E-state index in [1.807, 2.05) is 0 Å². The molecule has 8 nitrogen and oxygen atoms in total. The van der Waals surface area contributed by atoms with Crippen molar-refractivity contribution in [3.05, 3.63) is 39.9 Å². The zero-order valence-corrected chi connectivity index (χ0v) is 11.4. The Bertz CT molecular complexity index is 587. The summed E-state index contributed by atoms with van der Waals surface area (Å²) in [7, 11) is 0. The molecule has 126 valence electrons. The van der Waals surface area contributed by atoms with Gasteiger partial charge in [0.05, 0.1) is 17.6 Å². The number of carbonyl (C=O) groups is 2. The van der Waals surface area contributed by atoms with Crippen LogP contribution in [0.2, 0.25) is 0 Å². The summed E-state index contributed by atoms with van der Waals surface area (Å²) in [5.41, 5.74) is -0.140. The zero-order valence-electron chi connectivity index (χ0n) is 11.4. The number of nitrogens with one attached hydrogen (secondary N) is 1. The summed E-state index contributed by atoms with van der Waals surface area (Å²) in [4.78, 5) is 31.1. The highest BCUT2D eigenvalue weighted by atomic mass is 19.4. The third-order valence-electron chi connectivity index (χ3n) is 2.70. The molecule has 0 fully saturated rings. The maximum absolute atomic E-state index is 12.3. The molecule has 1 rings (SSSR count). The molecule has 0 saturated heterocycles. The molecule has 0 saturated carbocycles. The molecule has 0 radical (unpaired) electrons. The SMILES string of the molecule is O=C(O)OCCC(NC(=O)C(F)(F)F)c1ccc([N+](=O)[O-])cc1. The lowest BCUT2D eigenvalue weighted by atomic mass is 10.0. The second-order valence-corrected chi connectivity index (χ2v) is 4.28. The molecule has 2 N–H and O–H groups in total. The van der Waals surface area contributed by atoms with E-state index < -0.39 is 35.8 Å². The molecule has 0 aromatic heterocycles. The molecule has 11 heteroatoms. The molecule has 23 heavy (non-hydrogen) atoms. The number of halogens is 3. The minimum Gasteiger partial charge on any atom is -0.450 e. The topological polar surface area (TPSA) is 119 Å². The molecule has 0 bridgehead atoms. The summed E-state index contributed by atoms with van der Waals surface area (Å²) in [6.45, 7) is -0.463. The van der Waals surface area contributed by atoms with E-state index in [9.17, 15) is 32.9 Å². The maximum atomic E-state index is 12.3. The number of nitro groups is 1. The Hall–Kier alpha value is -2.85. The molecule has 1 aromatic rings. The standard InChI is InChI=1S/C12H11F3N2O6/c13-12(14,15)10(18)16-9(5-6-23-11(19)20)7-1-3-8(4-2-7)17(21)22/h1-4,9H,5-6H2,(H,16,18)(H,19,20). The van der Waals surface area contributed by atoms with Crippen molar-refractivity contribution in [1.82, 2.24) is 5.32 Å². The van der Waals surface area contributed by atoms with E-state index in [2.05, 4.69) is 4.74 Å². The monoisotopic (exact) mass is 336 g/mol. The van der Waals surface area contributed by atoms with Gasteiger partial charge in [-0.05, 0) is 5.56 Å². The second-order valence-electron chi connectivity index (χ2n) is 4.28. The molecule has 1 aromatic carbocycles. The van der Waals surface area contributed by atoms with Gasteiger partial charge in [-0.15, -0.1) is 0 Å². The van der Waals surface area contributed by atoms with Crippen molar-refractivity contribution in [2.24, 2.45) is 0 Å². The van der Waals surface area contributed by atoms with E-state index in [1.165, 1.54) is 12.1 Å². The van der Waals surface area contributed by atoms with Gasteiger partial charge in [0, 0.05) is 18.6 Å². The molecule has 0 aliphatic heterocycles. The van der Waals surface area contributed by atoms with Crippen LogP contribution in [0.1, 0.15) is 18.0 Å². The number of non-ortho nitro benzene ring substituents is 1. The fraction of sp³-hybridized carbons (Fsp3) is 0.333. The van der Waals surface area contributed by atoms with E-state index in [-0.39, 0.29) is 17.7 Å². The Morgan fingerprint density at radius 3 is 2.30 bits per heavy atom. The number of rotatable bonds is 6. The summed E-state index contributed by atoms with van der Waals surface area (Å²) in [6, 6.07) is 3.23. The van der Waals surface area contributed by atoms with Crippen LogP contribution < -0.4 is 5.32 Å². The van der Waals surface area contributed by atoms with Crippen LogP contribution in [0, 0.1) is 10.1 Å². The number of amides is 1. The van der Waals surface area contributed by atoms with Gasteiger partial charge in [0.15, 0.2) is 0 Å². The predicted molar refractivity (Wildman–Crippen MR) is 68.6 cm³/mol. The fourth-order valence-electron chi connectivity index (χ4n) is 1.65. The maximum Gasteiger partial charge on any atom is 0.505 e. The Morgan fingerprint density at radius 1 is 1.30 bits per heavy atom. The van der Waals surface area contributed by atoms with Crippen molar-refractivity contribution in [3.8, 4) is 0 Å². The summed E-state index contributed by atoms with van der Waals surface area (Å²) < 4.78 is 41.2. The quantitative estimate of drug-likeness (QED) is 0.468. The lowest BCUT2D eigenvalue weighted by Gasteiger charge is -2.19. The zero-order chi connectivity index (χ0) is 17.6. The van der Waals surface area contributed by atoms with Crippen molar-refractivity contribution in [3.63, 3.8) is 0 Å². The summed E-state index contributed by atoms with van der Waals surface area (Å²) >= 11 is 0. The Morgan fingerprint density at radius 2 is 1.87 bits per heavy atom. The van der Waals surface area contributed by atoms with Gasteiger partial charge < -0.3 is 15.2 Å². The summed E-state index contributed by atoms with van der Waals surface area (Å²) in [5.74, 6) is -2.21. The molecule has 1 amide bonds. The minimum absolute atomic E-state index is 0.141. The largest absolute Gasteiger partial charge is 0.505 e. The number of benzene rings is 1. The van der Waals surface area contributed by atoms with Crippen LogP contribution in [0.15, 0.2) is 24.3 Å². The molecule has 0 heterocycles. The minimum atomic E-state index is -5.12. The Balaban J connectivity index is 2.90. The predicted octanol–water partition coefficient (Wildman–Crippen LogP) is 2.40. The highest BCUT2D eigenvalue weighted by Gasteiger charge is 2.39. The van der Waals surface area contributed by atoms with E-state index in [0.717, 1.165) is 12.1 Å². The van der Waals surface area contributed by atoms with Gasteiger partial charge in [0.2, 0.25) is 0 Å². The van der Waals surface area contributed by atoms with Gasteiger partial charge in [-0.1, -0.05) is 12.1 Å². The average molecular weight is 336 g/mol. The van der Waals surface area contributed by atoms with E-state index in [0.29, 0.717) is 0 Å². The van der Waals surface area contributed by atoms with Crippen molar-refractivity contribution >= 4 is 17.7 Å². The van der Waals surface area contributed by atoms with Crippen LogP contribution >= 0.6 is 0 Å². The lowest BCUT2D eigenvalue weighted by Crippen LogP contribution is -2.39. The smallest absolute Gasteiger partial charge is 0.450 e. The number of nitro benzene ring substituents is 1. The highest BCUT2D eigenvalue weighted by Crippen LogP contribution is 2.23. The number of hydrogen-bond acceptors (Lipinski definition) is 5. The van der Waals surface area contributed by atoms with Gasteiger partial charge in [0.25, 0.3) is 5.69 Å². The average Bonchev–Trinajstić information content (AvgIpc) is 2.44. The van der Waals surface area contributed by atoms with Crippen molar-refractivity contribution < 1.29 is 37.5 Å². The van der Waals surface area contributed by atoms with E-state index in [4.69, 9.17) is 5.11 Å². The number of hydrogen-bond donors (Lipinski definition) is 2. The molecule has 1 unspecified atom stereocenters. The number of alkyl halides is 3. The van der Waals surface area contributed by atoms with Crippen molar-refractivity contribution in [2.45, 2.75) is 18.6 Å². The van der Waals surface area contributed by atoms with E-state index in [1.54, 1.807) is 5.32 Å². The molecule has 0 spiro atoms. The Labute approximate surface area is 127 Å². The number of carboxylic acid groups (broad SMARTS) is 1. The number of ether oxygens (including phenoxy) is 1. The third-order valence-corrected chi connectivity index (χ3v) is 2.70. The van der Waals surface area contributed by atoms with Gasteiger partial charge in [-0.25, -0.2) is 4.79 Å². The van der Waals surface area contributed by atoms with Crippen LogP contribution in [0.3, 0.4) is 0 Å². The van der Waals surface area contributed by atoms with Gasteiger partial charge >= 0.3 is 18.2 Å². The van der Waals surface area contributed by atoms with Crippen LogP contribution in [-0.2, 0) is 9.53 Å². The van der Waals surface area contributed by atoms with Gasteiger partial charge in [-0.2, -0.15) is 13.2 Å². The highest BCUT2D eigenvalue weighted by molar-refractivity contribution is 5.82.